The number of hydrogen-bond donors (Lipinski definition) is 2. The number of aromatic nitrogens is 3. The molecule has 40 heavy (non-hydrogen) atoms. The summed E-state index contributed by atoms with van der Waals surface area (Å²) in [4.78, 5) is 24.0. The van der Waals surface area contributed by atoms with E-state index in [0.29, 0.717) is 29.4 Å². The van der Waals surface area contributed by atoms with Gasteiger partial charge in [0.05, 0.1) is 5.69 Å². The van der Waals surface area contributed by atoms with Gasteiger partial charge in [0.1, 0.15) is 24.0 Å². The number of nitrogen functional groups attached to an aromatic ring is 1. The Labute approximate surface area is 236 Å². The average Bonchev–Trinajstić information content (AvgIpc) is 3.39. The van der Waals surface area contributed by atoms with Crippen molar-refractivity contribution >= 4 is 34.2 Å². The largest absolute Gasteiger partial charge is 0.491 e. The molecule has 2 aromatic heterocycles. The van der Waals surface area contributed by atoms with Gasteiger partial charge < -0.3 is 15.8 Å². The summed E-state index contributed by atoms with van der Waals surface area (Å²) in [6.07, 6.45) is 5.18. The van der Waals surface area contributed by atoms with Gasteiger partial charge in [-0.25, -0.2) is 23.7 Å². The predicted octanol–water partition coefficient (Wildman–Crippen LogP) is 5.32. The Hall–Kier alpha value is -3.69. The normalized spacial score (nSPS) is 23.8. The summed E-state index contributed by atoms with van der Waals surface area (Å²) in [6.45, 7) is 6.19. The van der Waals surface area contributed by atoms with Gasteiger partial charge in [0.2, 0.25) is 5.28 Å². The molecular weight excluding hydrogens is 531 g/mol. The van der Waals surface area contributed by atoms with Crippen LogP contribution in [0.4, 0.5) is 15.0 Å². The second kappa shape index (κ2) is 9.45. The lowest BCUT2D eigenvalue weighted by molar-refractivity contribution is 0.0395. The Kier molecular flexibility index (Phi) is 5.98. The van der Waals surface area contributed by atoms with Crippen LogP contribution in [0, 0.1) is 31.5 Å². The molecule has 1 amide bonds. The van der Waals surface area contributed by atoms with Crippen molar-refractivity contribution in [2.24, 2.45) is 11.8 Å². The van der Waals surface area contributed by atoms with E-state index in [9.17, 15) is 4.79 Å². The van der Waals surface area contributed by atoms with E-state index in [2.05, 4.69) is 26.3 Å². The van der Waals surface area contributed by atoms with Gasteiger partial charge in [0.25, 0.3) is 0 Å². The first-order chi connectivity index (χ1) is 19.3. The number of rotatable bonds is 2. The molecule has 1 saturated heterocycles. The highest BCUT2D eigenvalue weighted by atomic mass is 35.5. The molecule has 3 N–H and O–H groups in total. The average molecular weight is 561 g/mol. The molecule has 206 valence electrons. The van der Waals surface area contributed by atoms with Gasteiger partial charge in [-0.3, -0.25) is 4.90 Å². The highest BCUT2D eigenvalue weighted by Crippen LogP contribution is 2.46. The number of nitrogens with one attached hydrogen (secondary N) is 1. The molecule has 1 saturated carbocycles. The van der Waals surface area contributed by atoms with Gasteiger partial charge in [-0.05, 0) is 73.2 Å². The molecule has 4 unspecified atom stereocenters. The summed E-state index contributed by atoms with van der Waals surface area (Å²) in [5.74, 6) is 1.45. The molecule has 2 aromatic carbocycles. The van der Waals surface area contributed by atoms with Gasteiger partial charge in [0, 0.05) is 59.6 Å². The van der Waals surface area contributed by atoms with Crippen molar-refractivity contribution in [3.8, 4) is 17.0 Å². The summed E-state index contributed by atoms with van der Waals surface area (Å²) in [5, 5.41) is 4.57. The Morgan fingerprint density at radius 1 is 1.25 bits per heavy atom. The van der Waals surface area contributed by atoms with Crippen molar-refractivity contribution in [3.63, 3.8) is 0 Å². The number of aryl methyl sites for hydroxylation is 1. The smallest absolute Gasteiger partial charge is 0.328 e. The van der Waals surface area contributed by atoms with Crippen LogP contribution in [0.15, 0.2) is 42.7 Å². The van der Waals surface area contributed by atoms with Gasteiger partial charge in [0.15, 0.2) is 0 Å². The summed E-state index contributed by atoms with van der Waals surface area (Å²) >= 11 is 6.09. The first-order valence-corrected chi connectivity index (χ1v) is 14.0. The van der Waals surface area contributed by atoms with Crippen molar-refractivity contribution in [1.29, 1.82) is 0 Å². The number of nitrogens with two attached hydrogens (primary N) is 1. The number of fused-ring (bicyclic) bond motifs is 6. The van der Waals surface area contributed by atoms with E-state index >= 15 is 4.39 Å². The Morgan fingerprint density at radius 3 is 2.90 bits per heavy atom. The zero-order valence-electron chi connectivity index (χ0n) is 22.3. The molecule has 8 nitrogen and oxygen atoms in total. The van der Waals surface area contributed by atoms with Crippen LogP contribution in [0.5, 0.6) is 5.75 Å². The van der Waals surface area contributed by atoms with Gasteiger partial charge in [-0.15, -0.1) is 0 Å². The fraction of sp³-hybridized carbons (Fsp3) is 0.367. The lowest BCUT2D eigenvalue weighted by atomic mass is 9.85. The molecule has 4 aromatic rings. The van der Waals surface area contributed by atoms with E-state index in [4.69, 9.17) is 22.1 Å². The van der Waals surface area contributed by atoms with Crippen LogP contribution in [0.25, 0.3) is 22.0 Å². The molecule has 2 bridgehead atoms. The lowest BCUT2D eigenvalue weighted by Gasteiger charge is -2.43. The second-order valence-electron chi connectivity index (χ2n) is 11.3. The monoisotopic (exact) mass is 560 g/mol. The maximum absolute atomic E-state index is 15.1. The number of piperidine rings is 1. The van der Waals surface area contributed by atoms with Gasteiger partial charge >= 0.3 is 6.03 Å². The summed E-state index contributed by atoms with van der Waals surface area (Å²) in [7, 11) is 0. The van der Waals surface area contributed by atoms with Crippen molar-refractivity contribution < 1.29 is 13.9 Å². The number of carbonyl (C=O) groups is 1. The first-order valence-electron chi connectivity index (χ1n) is 13.6. The lowest BCUT2D eigenvalue weighted by Crippen LogP contribution is -2.58. The number of imidazole rings is 1. The van der Waals surface area contributed by atoms with Crippen molar-refractivity contribution in [2.75, 3.05) is 18.9 Å². The summed E-state index contributed by atoms with van der Waals surface area (Å²) < 4.78 is 23.0. The number of amides is 1. The van der Waals surface area contributed by atoms with E-state index in [0.717, 1.165) is 59.3 Å². The SMILES string of the molecule is Cc1cc2c(c(C)c1-c1nc(N)cc3cccc(F)c13)OCC1C3CCC(CN1C2)C3NC(=O)n1ccnc1Cl. The minimum atomic E-state index is -0.326. The number of nitrogens with zero attached hydrogens (tertiary/aromatic N) is 4. The number of ether oxygens (including phenoxy) is 1. The van der Waals surface area contributed by atoms with Crippen LogP contribution in [-0.2, 0) is 6.54 Å². The number of halogens is 2. The van der Waals surface area contributed by atoms with Crippen LogP contribution < -0.4 is 15.8 Å². The highest BCUT2D eigenvalue weighted by Gasteiger charge is 2.49. The maximum Gasteiger partial charge on any atom is 0.328 e. The number of benzene rings is 2. The van der Waals surface area contributed by atoms with E-state index < -0.39 is 0 Å². The minimum absolute atomic E-state index is 0.0428. The molecule has 10 heteroatoms. The quantitative estimate of drug-likeness (QED) is 0.344. The van der Waals surface area contributed by atoms with Crippen LogP contribution in [-0.4, -0.2) is 50.7 Å². The van der Waals surface area contributed by atoms with Crippen LogP contribution in [0.2, 0.25) is 5.28 Å². The first kappa shape index (κ1) is 25.3. The molecule has 2 aliphatic heterocycles. The number of hydrogen-bond acceptors (Lipinski definition) is 6. The molecule has 4 heterocycles. The van der Waals surface area contributed by atoms with E-state index in [1.54, 1.807) is 18.3 Å². The van der Waals surface area contributed by atoms with E-state index in [1.165, 1.54) is 16.8 Å². The Bertz CT molecular complexity index is 1670. The molecule has 4 atom stereocenters. The molecule has 1 aliphatic carbocycles. The maximum atomic E-state index is 15.1. The van der Waals surface area contributed by atoms with Crippen molar-refractivity contribution in [3.05, 3.63) is 70.5 Å². The van der Waals surface area contributed by atoms with Crippen LogP contribution in [0.1, 0.15) is 29.5 Å². The molecular formula is C30H30ClFN6O2. The topological polar surface area (TPSA) is 98.3 Å². The molecule has 0 radical (unpaired) electrons. The Morgan fingerprint density at radius 2 is 2.10 bits per heavy atom. The zero-order valence-corrected chi connectivity index (χ0v) is 23.1. The van der Waals surface area contributed by atoms with Gasteiger partial charge in [-0.1, -0.05) is 18.2 Å². The zero-order chi connectivity index (χ0) is 27.7. The fourth-order valence-corrected chi connectivity index (χ4v) is 7.52. The number of carbonyl (C=O) groups excluding carboxylic acids is 1. The number of pyridine rings is 1. The van der Waals surface area contributed by atoms with Crippen LogP contribution >= 0.6 is 11.6 Å². The summed E-state index contributed by atoms with van der Waals surface area (Å²) in [6, 6.07) is 8.79. The Balaban J connectivity index is 1.22. The molecule has 3 aliphatic rings. The van der Waals surface area contributed by atoms with Crippen molar-refractivity contribution in [2.45, 2.75) is 45.3 Å². The van der Waals surface area contributed by atoms with Gasteiger partial charge in [-0.2, -0.15) is 0 Å². The minimum Gasteiger partial charge on any atom is -0.491 e. The summed E-state index contributed by atoms with van der Waals surface area (Å²) in [5.41, 5.74) is 10.6. The molecule has 2 fully saturated rings. The third kappa shape index (κ3) is 3.94. The third-order valence-corrected chi connectivity index (χ3v) is 9.28. The third-order valence-electron chi connectivity index (χ3n) is 9.00. The standard InChI is InChI=1S/C30H30ClFN6O2/c1-15-10-19-13-37-12-18-6-7-20(26(18)36-30(39)38-9-8-34-29(38)31)22(37)14-40-28(19)16(2)24(15)27-25-17(11-23(33)35-27)4-3-5-21(25)32/h3-5,8-11,18,20,22,26H,6-7,12-14H2,1-2H3,(H2,33,35)(H,36,39). The molecule has 7 rings (SSSR count). The van der Waals surface area contributed by atoms with E-state index in [-0.39, 0.29) is 35.1 Å². The highest BCUT2D eigenvalue weighted by molar-refractivity contribution is 6.29. The number of anilines is 1. The van der Waals surface area contributed by atoms with Crippen LogP contribution in [0.3, 0.4) is 0 Å². The van der Waals surface area contributed by atoms with E-state index in [1.807, 2.05) is 19.9 Å². The molecule has 0 spiro atoms. The van der Waals surface area contributed by atoms with Crippen molar-refractivity contribution in [1.82, 2.24) is 24.8 Å². The second-order valence-corrected chi connectivity index (χ2v) is 11.6. The predicted molar refractivity (Wildman–Crippen MR) is 152 cm³/mol. The fourth-order valence-electron chi connectivity index (χ4n) is 7.33.